The smallest absolute Gasteiger partial charge is 0.303 e. The molecular weight excluding hydrogens is 136 g/mol. The Morgan fingerprint density at radius 3 is 2.50 bits per heavy atom. The van der Waals surface area contributed by atoms with Crippen molar-refractivity contribution in [2.24, 2.45) is 0 Å². The Morgan fingerprint density at radius 1 is 1.50 bits per heavy atom. The Morgan fingerprint density at radius 2 is 2.10 bits per heavy atom. The van der Waals surface area contributed by atoms with Crippen LogP contribution in [0.5, 0.6) is 0 Å². The summed E-state index contributed by atoms with van der Waals surface area (Å²) in [6, 6.07) is 0. The first-order valence-electron chi connectivity index (χ1n) is 2.98. The lowest BCUT2D eigenvalue weighted by Crippen LogP contribution is -2.03. The standard InChI is InChI=1S/C6H10O4/c1-5(7)10-4-2-3-6(8)9/h2-4H2,1H3,(H,8,9). The summed E-state index contributed by atoms with van der Waals surface area (Å²) in [5.74, 6) is -1.24. The molecule has 58 valence electrons. The van der Waals surface area contributed by atoms with Gasteiger partial charge >= 0.3 is 11.9 Å². The number of carbonyl (C=O) groups excluding carboxylic acids is 1. The summed E-state index contributed by atoms with van der Waals surface area (Å²) in [5, 5.41) is 8.14. The van der Waals surface area contributed by atoms with Crippen LogP contribution in [-0.2, 0) is 14.3 Å². The van der Waals surface area contributed by atoms with E-state index in [1.807, 2.05) is 0 Å². The molecule has 0 bridgehead atoms. The van der Waals surface area contributed by atoms with Crippen molar-refractivity contribution >= 4 is 11.9 Å². The number of carbonyl (C=O) groups is 2. The summed E-state index contributed by atoms with van der Waals surface area (Å²) in [4.78, 5) is 20.0. The molecule has 4 nitrogen and oxygen atoms in total. The van der Waals surface area contributed by atoms with Gasteiger partial charge in [-0.25, -0.2) is 0 Å². The molecule has 0 atom stereocenters. The molecule has 0 aromatic rings. The SMILES string of the molecule is CC(=O)OCCCC(=O)O. The van der Waals surface area contributed by atoms with Crippen LogP contribution in [0, 0.1) is 0 Å². The lowest BCUT2D eigenvalue weighted by molar-refractivity contribution is -0.143. The molecule has 0 spiro atoms. The molecule has 0 rings (SSSR count). The van der Waals surface area contributed by atoms with Crippen LogP contribution in [-0.4, -0.2) is 23.7 Å². The highest BCUT2D eigenvalue weighted by molar-refractivity contribution is 5.67. The monoisotopic (exact) mass is 146 g/mol. The highest BCUT2D eigenvalue weighted by Gasteiger charge is 1.97. The quantitative estimate of drug-likeness (QED) is 0.461. The molecule has 4 heteroatoms. The van der Waals surface area contributed by atoms with E-state index in [1.165, 1.54) is 6.92 Å². The minimum Gasteiger partial charge on any atom is -0.481 e. The maximum absolute atomic E-state index is 10.1. The highest BCUT2D eigenvalue weighted by atomic mass is 16.5. The number of rotatable bonds is 4. The third-order valence-corrected chi connectivity index (χ3v) is 0.840. The van der Waals surface area contributed by atoms with Gasteiger partial charge in [0.25, 0.3) is 0 Å². The van der Waals surface area contributed by atoms with Crippen LogP contribution in [0.4, 0.5) is 0 Å². The molecular formula is C6H10O4. The third kappa shape index (κ3) is 6.94. The van der Waals surface area contributed by atoms with Crippen LogP contribution >= 0.6 is 0 Å². The van der Waals surface area contributed by atoms with E-state index < -0.39 is 5.97 Å². The van der Waals surface area contributed by atoms with Crippen molar-refractivity contribution in [3.8, 4) is 0 Å². The molecule has 10 heavy (non-hydrogen) atoms. The Hall–Kier alpha value is -1.06. The van der Waals surface area contributed by atoms with E-state index in [9.17, 15) is 9.59 Å². The van der Waals surface area contributed by atoms with Gasteiger partial charge in [-0.15, -0.1) is 0 Å². The van der Waals surface area contributed by atoms with Gasteiger partial charge in [0.1, 0.15) is 0 Å². The predicted octanol–water partition coefficient (Wildman–Crippen LogP) is 0.414. The number of aliphatic carboxylic acids is 1. The van der Waals surface area contributed by atoms with Crippen molar-refractivity contribution in [2.75, 3.05) is 6.61 Å². The van der Waals surface area contributed by atoms with Gasteiger partial charge in [0.15, 0.2) is 0 Å². The van der Waals surface area contributed by atoms with Gasteiger partial charge < -0.3 is 9.84 Å². The molecule has 0 aliphatic rings. The number of carboxylic acids is 1. The minimum atomic E-state index is -0.868. The first-order chi connectivity index (χ1) is 4.63. The van der Waals surface area contributed by atoms with Crippen LogP contribution in [0.1, 0.15) is 19.8 Å². The second-order valence-corrected chi connectivity index (χ2v) is 1.84. The second-order valence-electron chi connectivity index (χ2n) is 1.84. The molecule has 0 saturated carbocycles. The summed E-state index contributed by atoms with van der Waals surface area (Å²) >= 11 is 0. The van der Waals surface area contributed by atoms with E-state index in [1.54, 1.807) is 0 Å². The zero-order chi connectivity index (χ0) is 7.98. The van der Waals surface area contributed by atoms with Crippen molar-refractivity contribution in [2.45, 2.75) is 19.8 Å². The zero-order valence-electron chi connectivity index (χ0n) is 5.79. The Bertz CT molecular complexity index is 114. The number of ether oxygens (including phenoxy) is 1. The molecule has 0 aliphatic carbocycles. The summed E-state index contributed by atoms with van der Waals surface area (Å²) < 4.78 is 4.49. The van der Waals surface area contributed by atoms with Crippen LogP contribution < -0.4 is 0 Å². The average Bonchev–Trinajstić information content (AvgIpc) is 1.79. The van der Waals surface area contributed by atoms with Crippen molar-refractivity contribution < 1.29 is 19.4 Å². The first-order valence-corrected chi connectivity index (χ1v) is 2.98. The normalized spacial score (nSPS) is 8.90. The number of hydrogen-bond donors (Lipinski definition) is 1. The maximum Gasteiger partial charge on any atom is 0.303 e. The van der Waals surface area contributed by atoms with Gasteiger partial charge in [-0.1, -0.05) is 0 Å². The van der Waals surface area contributed by atoms with Crippen molar-refractivity contribution in [1.29, 1.82) is 0 Å². The van der Waals surface area contributed by atoms with Crippen molar-refractivity contribution in [1.82, 2.24) is 0 Å². The van der Waals surface area contributed by atoms with E-state index in [0.29, 0.717) is 6.42 Å². The molecule has 0 aromatic heterocycles. The predicted molar refractivity (Wildman–Crippen MR) is 33.5 cm³/mol. The van der Waals surface area contributed by atoms with E-state index in [0.717, 1.165) is 0 Å². The van der Waals surface area contributed by atoms with Crippen LogP contribution in [0.3, 0.4) is 0 Å². The van der Waals surface area contributed by atoms with E-state index in [-0.39, 0.29) is 19.0 Å². The van der Waals surface area contributed by atoms with Gasteiger partial charge in [0, 0.05) is 13.3 Å². The minimum absolute atomic E-state index is 0.0489. The topological polar surface area (TPSA) is 63.6 Å². The molecule has 0 saturated heterocycles. The lowest BCUT2D eigenvalue weighted by Gasteiger charge is -1.97. The summed E-state index contributed by atoms with van der Waals surface area (Å²) in [6.45, 7) is 1.49. The van der Waals surface area contributed by atoms with Gasteiger partial charge in [-0.2, -0.15) is 0 Å². The molecule has 1 N–H and O–H groups in total. The van der Waals surface area contributed by atoms with Crippen molar-refractivity contribution in [3.05, 3.63) is 0 Å². The number of hydrogen-bond acceptors (Lipinski definition) is 3. The van der Waals surface area contributed by atoms with Gasteiger partial charge in [0.2, 0.25) is 0 Å². The molecule has 0 fully saturated rings. The zero-order valence-corrected chi connectivity index (χ0v) is 5.79. The second kappa shape index (κ2) is 4.78. The molecule has 0 aliphatic heterocycles. The molecule has 0 aromatic carbocycles. The van der Waals surface area contributed by atoms with E-state index >= 15 is 0 Å². The fourth-order valence-corrected chi connectivity index (χ4v) is 0.439. The fraction of sp³-hybridized carbons (Fsp3) is 0.667. The van der Waals surface area contributed by atoms with Gasteiger partial charge in [0.05, 0.1) is 6.61 Å². The summed E-state index contributed by atoms with van der Waals surface area (Å²) in [5.41, 5.74) is 0. The first kappa shape index (κ1) is 8.94. The maximum atomic E-state index is 10.1. The van der Waals surface area contributed by atoms with E-state index in [2.05, 4.69) is 4.74 Å². The van der Waals surface area contributed by atoms with Crippen LogP contribution in [0.25, 0.3) is 0 Å². The molecule has 0 radical (unpaired) electrons. The molecule has 0 heterocycles. The third-order valence-electron chi connectivity index (χ3n) is 0.840. The number of esters is 1. The van der Waals surface area contributed by atoms with Gasteiger partial charge in [-0.3, -0.25) is 9.59 Å². The lowest BCUT2D eigenvalue weighted by atomic mass is 10.3. The summed E-state index contributed by atoms with van der Waals surface area (Å²) in [7, 11) is 0. The number of carboxylic acid groups (broad SMARTS) is 1. The summed E-state index contributed by atoms with van der Waals surface area (Å²) in [6.07, 6.45) is 0.433. The van der Waals surface area contributed by atoms with E-state index in [4.69, 9.17) is 5.11 Å². The average molecular weight is 146 g/mol. The van der Waals surface area contributed by atoms with Crippen molar-refractivity contribution in [3.63, 3.8) is 0 Å². The Kier molecular flexibility index (Phi) is 4.28. The van der Waals surface area contributed by atoms with Crippen LogP contribution in [0.2, 0.25) is 0 Å². The Labute approximate surface area is 58.8 Å². The fourth-order valence-electron chi connectivity index (χ4n) is 0.439. The van der Waals surface area contributed by atoms with Gasteiger partial charge in [-0.05, 0) is 6.42 Å². The Balaban J connectivity index is 3.06. The molecule has 0 amide bonds. The van der Waals surface area contributed by atoms with Crippen LogP contribution in [0.15, 0.2) is 0 Å². The highest BCUT2D eigenvalue weighted by Crippen LogP contribution is 1.89. The molecule has 0 unspecified atom stereocenters. The largest absolute Gasteiger partial charge is 0.481 e.